The highest BCUT2D eigenvalue weighted by molar-refractivity contribution is 7.14. The molecule has 0 amide bonds. The molecule has 2 rings (SSSR count). The standard InChI is InChI=1S/C16H25NO2S/c1-6-19-16(9-7-15(4,5)8-10-16)14-17-11(2)13(20-14)12(3)18/h6-10H2,1-5H3. The van der Waals surface area contributed by atoms with Crippen molar-refractivity contribution in [1.29, 1.82) is 0 Å². The monoisotopic (exact) mass is 295 g/mol. The van der Waals surface area contributed by atoms with Crippen molar-refractivity contribution in [2.75, 3.05) is 6.61 Å². The van der Waals surface area contributed by atoms with Crippen molar-refractivity contribution < 1.29 is 9.53 Å². The summed E-state index contributed by atoms with van der Waals surface area (Å²) in [4.78, 5) is 17.1. The van der Waals surface area contributed by atoms with Crippen LogP contribution in [0.15, 0.2) is 0 Å². The molecule has 0 radical (unpaired) electrons. The number of carbonyl (C=O) groups excluding carboxylic acids is 1. The molecule has 1 aromatic rings. The molecule has 0 aliphatic heterocycles. The Labute approximate surface area is 125 Å². The van der Waals surface area contributed by atoms with Crippen LogP contribution in [-0.4, -0.2) is 17.4 Å². The van der Waals surface area contributed by atoms with Crippen molar-refractivity contribution >= 4 is 17.1 Å². The molecule has 1 aliphatic carbocycles. The summed E-state index contributed by atoms with van der Waals surface area (Å²) in [6.45, 7) is 10.9. The zero-order chi connectivity index (χ0) is 15.0. The van der Waals surface area contributed by atoms with Crippen molar-refractivity contribution in [1.82, 2.24) is 4.98 Å². The first-order valence-electron chi connectivity index (χ1n) is 7.42. The van der Waals surface area contributed by atoms with E-state index in [9.17, 15) is 4.79 Å². The minimum Gasteiger partial charge on any atom is -0.368 e. The lowest BCUT2D eigenvalue weighted by molar-refractivity contribution is -0.0890. The quantitative estimate of drug-likeness (QED) is 0.768. The van der Waals surface area contributed by atoms with E-state index in [1.165, 1.54) is 11.3 Å². The van der Waals surface area contributed by atoms with Crippen LogP contribution in [0.2, 0.25) is 0 Å². The lowest BCUT2D eigenvalue weighted by Gasteiger charge is -2.42. The smallest absolute Gasteiger partial charge is 0.171 e. The second-order valence-corrected chi connectivity index (χ2v) is 7.58. The van der Waals surface area contributed by atoms with Crippen molar-refractivity contribution in [2.24, 2.45) is 5.41 Å². The van der Waals surface area contributed by atoms with Crippen molar-refractivity contribution in [3.05, 3.63) is 15.6 Å². The van der Waals surface area contributed by atoms with Crippen LogP contribution in [0, 0.1) is 12.3 Å². The maximum absolute atomic E-state index is 11.7. The first-order valence-corrected chi connectivity index (χ1v) is 8.24. The highest BCUT2D eigenvalue weighted by Crippen LogP contribution is 2.48. The third kappa shape index (κ3) is 2.96. The zero-order valence-corrected chi connectivity index (χ0v) is 14.0. The van der Waals surface area contributed by atoms with Gasteiger partial charge in [0, 0.05) is 13.5 Å². The molecular weight excluding hydrogens is 270 g/mol. The maximum atomic E-state index is 11.7. The highest BCUT2D eigenvalue weighted by Gasteiger charge is 2.42. The summed E-state index contributed by atoms with van der Waals surface area (Å²) in [7, 11) is 0. The van der Waals surface area contributed by atoms with Gasteiger partial charge < -0.3 is 4.74 Å². The number of hydrogen-bond donors (Lipinski definition) is 0. The van der Waals surface area contributed by atoms with E-state index in [0.717, 1.165) is 41.3 Å². The fourth-order valence-electron chi connectivity index (χ4n) is 2.94. The van der Waals surface area contributed by atoms with Gasteiger partial charge in [-0.1, -0.05) is 13.8 Å². The number of rotatable bonds is 4. The van der Waals surface area contributed by atoms with Crippen LogP contribution < -0.4 is 0 Å². The number of ether oxygens (including phenoxy) is 1. The Balaban J connectivity index is 2.34. The molecule has 0 atom stereocenters. The molecule has 0 bridgehead atoms. The van der Waals surface area contributed by atoms with Crippen LogP contribution in [0.3, 0.4) is 0 Å². The molecule has 1 aliphatic rings. The van der Waals surface area contributed by atoms with Gasteiger partial charge in [-0.15, -0.1) is 11.3 Å². The summed E-state index contributed by atoms with van der Waals surface area (Å²) >= 11 is 1.53. The van der Waals surface area contributed by atoms with E-state index in [2.05, 4.69) is 18.8 Å². The lowest BCUT2D eigenvalue weighted by Crippen LogP contribution is -2.37. The van der Waals surface area contributed by atoms with Gasteiger partial charge >= 0.3 is 0 Å². The number of aromatic nitrogens is 1. The van der Waals surface area contributed by atoms with Gasteiger partial charge in [0.05, 0.1) is 10.6 Å². The summed E-state index contributed by atoms with van der Waals surface area (Å²) < 4.78 is 6.13. The van der Waals surface area contributed by atoms with E-state index in [-0.39, 0.29) is 11.4 Å². The minimum atomic E-state index is -0.270. The minimum absolute atomic E-state index is 0.106. The largest absolute Gasteiger partial charge is 0.368 e. The van der Waals surface area contributed by atoms with E-state index >= 15 is 0 Å². The Morgan fingerprint density at radius 1 is 1.30 bits per heavy atom. The van der Waals surface area contributed by atoms with E-state index < -0.39 is 0 Å². The molecule has 1 fully saturated rings. The summed E-state index contributed by atoms with van der Waals surface area (Å²) in [6.07, 6.45) is 4.28. The second kappa shape index (κ2) is 5.57. The molecule has 1 saturated carbocycles. The number of carbonyl (C=O) groups is 1. The fraction of sp³-hybridized carbons (Fsp3) is 0.750. The second-order valence-electron chi connectivity index (χ2n) is 6.58. The van der Waals surface area contributed by atoms with Crippen LogP contribution in [0.5, 0.6) is 0 Å². The topological polar surface area (TPSA) is 39.2 Å². The Morgan fingerprint density at radius 2 is 1.90 bits per heavy atom. The van der Waals surface area contributed by atoms with E-state index in [0.29, 0.717) is 12.0 Å². The average Bonchev–Trinajstić information content (AvgIpc) is 2.75. The zero-order valence-electron chi connectivity index (χ0n) is 13.2. The summed E-state index contributed by atoms with van der Waals surface area (Å²) in [5, 5.41) is 0.998. The first-order chi connectivity index (χ1) is 9.30. The van der Waals surface area contributed by atoms with Crippen molar-refractivity contribution in [3.8, 4) is 0 Å². The van der Waals surface area contributed by atoms with Gasteiger partial charge in [-0.3, -0.25) is 4.79 Å². The number of aryl methyl sites for hydroxylation is 1. The number of nitrogens with zero attached hydrogens (tertiary/aromatic N) is 1. The maximum Gasteiger partial charge on any atom is 0.171 e. The summed E-state index contributed by atoms with van der Waals surface area (Å²) in [5.74, 6) is 0.106. The van der Waals surface area contributed by atoms with Crippen molar-refractivity contribution in [3.63, 3.8) is 0 Å². The summed E-state index contributed by atoms with van der Waals surface area (Å²) in [5.41, 5.74) is 0.963. The lowest BCUT2D eigenvalue weighted by atomic mass is 9.71. The van der Waals surface area contributed by atoms with Gasteiger partial charge in [0.1, 0.15) is 10.6 Å². The summed E-state index contributed by atoms with van der Waals surface area (Å²) in [6, 6.07) is 0. The van der Waals surface area contributed by atoms with Gasteiger partial charge in [0.25, 0.3) is 0 Å². The fourth-order valence-corrected chi connectivity index (χ4v) is 4.11. The molecule has 0 unspecified atom stereocenters. The predicted molar refractivity (Wildman–Crippen MR) is 82.4 cm³/mol. The molecule has 0 spiro atoms. The SMILES string of the molecule is CCOC1(c2nc(C)c(C(C)=O)s2)CCC(C)(C)CC1. The third-order valence-electron chi connectivity index (χ3n) is 4.34. The van der Waals surface area contributed by atoms with Gasteiger partial charge in [-0.05, 0) is 44.9 Å². The number of ketones is 1. The van der Waals surface area contributed by atoms with E-state index in [1.807, 2.05) is 13.8 Å². The van der Waals surface area contributed by atoms with Crippen LogP contribution in [0.25, 0.3) is 0 Å². The molecule has 4 heteroatoms. The van der Waals surface area contributed by atoms with Gasteiger partial charge in [-0.25, -0.2) is 4.98 Å². The van der Waals surface area contributed by atoms with Crippen LogP contribution in [0.4, 0.5) is 0 Å². The first kappa shape index (κ1) is 15.6. The molecule has 1 heterocycles. The van der Waals surface area contributed by atoms with Gasteiger partial charge in [0.15, 0.2) is 5.78 Å². The molecular formula is C16H25NO2S. The van der Waals surface area contributed by atoms with Crippen LogP contribution >= 0.6 is 11.3 Å². The van der Waals surface area contributed by atoms with E-state index in [4.69, 9.17) is 4.74 Å². The molecule has 0 N–H and O–H groups in total. The number of thiazole rings is 1. The highest BCUT2D eigenvalue weighted by atomic mass is 32.1. The van der Waals surface area contributed by atoms with Gasteiger partial charge in [-0.2, -0.15) is 0 Å². The molecule has 0 saturated heterocycles. The Hall–Kier alpha value is -0.740. The van der Waals surface area contributed by atoms with E-state index in [1.54, 1.807) is 6.92 Å². The molecule has 112 valence electrons. The third-order valence-corrected chi connectivity index (χ3v) is 5.78. The number of hydrogen-bond acceptors (Lipinski definition) is 4. The number of Topliss-reactive ketones (excluding diaryl/α,β-unsaturated/α-hetero) is 1. The van der Waals surface area contributed by atoms with Crippen LogP contribution in [0.1, 0.15) is 73.8 Å². The Morgan fingerprint density at radius 3 is 2.35 bits per heavy atom. The molecule has 20 heavy (non-hydrogen) atoms. The normalized spacial score (nSPS) is 20.9. The molecule has 1 aromatic heterocycles. The van der Waals surface area contributed by atoms with Crippen LogP contribution in [-0.2, 0) is 10.3 Å². The Bertz CT molecular complexity index is 495. The Kier molecular flexibility index (Phi) is 4.35. The van der Waals surface area contributed by atoms with Crippen molar-refractivity contribution in [2.45, 2.75) is 65.9 Å². The van der Waals surface area contributed by atoms with Gasteiger partial charge in [0.2, 0.25) is 0 Å². The average molecular weight is 295 g/mol. The molecule has 0 aromatic carbocycles. The molecule has 3 nitrogen and oxygen atoms in total. The predicted octanol–water partition coefficient (Wildman–Crippen LogP) is 4.49.